The zero-order chi connectivity index (χ0) is 9.53. The molecule has 0 aromatic heterocycles. The van der Waals surface area contributed by atoms with Gasteiger partial charge in [-0.05, 0) is 32.6 Å². The van der Waals surface area contributed by atoms with Crippen LogP contribution in [0, 0.1) is 0 Å². The van der Waals surface area contributed by atoms with E-state index < -0.39 is 0 Å². The first-order chi connectivity index (χ1) is 6.17. The van der Waals surface area contributed by atoms with Gasteiger partial charge in [-0.3, -0.25) is 0 Å². The third-order valence-corrected chi connectivity index (χ3v) is 3.59. The fourth-order valence-corrected chi connectivity index (χ4v) is 2.59. The smallest absolute Gasteiger partial charge is 0.116 e. The first-order valence-electron chi connectivity index (χ1n) is 5.01. The summed E-state index contributed by atoms with van der Waals surface area (Å²) in [7, 11) is 1.80. The molecule has 2 nitrogen and oxygen atoms in total. The summed E-state index contributed by atoms with van der Waals surface area (Å²) in [6.45, 7) is 5.93. The first kappa shape index (κ1) is 9.22. The van der Waals surface area contributed by atoms with Crippen molar-refractivity contribution < 1.29 is 9.47 Å². The van der Waals surface area contributed by atoms with Crippen molar-refractivity contribution in [2.24, 2.45) is 0 Å². The zero-order valence-electron chi connectivity index (χ0n) is 8.51. The topological polar surface area (TPSA) is 21.8 Å². The van der Waals surface area contributed by atoms with Crippen LogP contribution in [0.2, 0.25) is 0 Å². The van der Waals surface area contributed by atoms with Gasteiger partial charge in [0.05, 0.1) is 11.2 Å². The number of hydrogen-bond donors (Lipinski definition) is 0. The van der Waals surface area contributed by atoms with Crippen molar-refractivity contribution in [3.8, 4) is 0 Å². The normalized spacial score (nSPS) is 47.4. The molecule has 1 saturated heterocycles. The molecule has 1 saturated carbocycles. The lowest BCUT2D eigenvalue weighted by Gasteiger charge is -2.27. The van der Waals surface area contributed by atoms with Crippen LogP contribution >= 0.6 is 0 Å². The Kier molecular flexibility index (Phi) is 2.00. The number of ether oxygens (including phenoxy) is 2. The van der Waals surface area contributed by atoms with E-state index in [-0.39, 0.29) is 11.2 Å². The Morgan fingerprint density at radius 2 is 2.38 bits per heavy atom. The molecule has 1 aliphatic carbocycles. The minimum Gasteiger partial charge on any atom is -0.375 e. The Morgan fingerprint density at radius 1 is 1.62 bits per heavy atom. The van der Waals surface area contributed by atoms with Gasteiger partial charge >= 0.3 is 0 Å². The van der Waals surface area contributed by atoms with Gasteiger partial charge in [-0.15, -0.1) is 6.58 Å². The van der Waals surface area contributed by atoms with Crippen LogP contribution < -0.4 is 0 Å². The van der Waals surface area contributed by atoms with Gasteiger partial charge in [0.25, 0.3) is 0 Å². The second kappa shape index (κ2) is 2.82. The summed E-state index contributed by atoms with van der Waals surface area (Å²) in [6, 6.07) is 0. The standard InChI is InChI=1S/C11H18O2/c1-4-5-6-11(12-3)8-7-10(2)9(11)13-10/h4,9H,1,5-8H2,2-3H3/t9-,10-,11+/m0/s1. The Labute approximate surface area is 79.9 Å². The van der Waals surface area contributed by atoms with Gasteiger partial charge < -0.3 is 9.47 Å². The van der Waals surface area contributed by atoms with E-state index >= 15 is 0 Å². The summed E-state index contributed by atoms with van der Waals surface area (Å²) in [4.78, 5) is 0. The minimum atomic E-state index is -0.0110. The van der Waals surface area contributed by atoms with Crippen LogP contribution in [0.3, 0.4) is 0 Å². The molecule has 0 bridgehead atoms. The molecule has 2 rings (SSSR count). The Morgan fingerprint density at radius 3 is 2.77 bits per heavy atom. The van der Waals surface area contributed by atoms with Crippen LogP contribution in [0.25, 0.3) is 0 Å². The molecule has 1 heterocycles. The fraction of sp³-hybridized carbons (Fsp3) is 0.818. The van der Waals surface area contributed by atoms with E-state index in [4.69, 9.17) is 9.47 Å². The van der Waals surface area contributed by atoms with Crippen molar-refractivity contribution in [1.29, 1.82) is 0 Å². The van der Waals surface area contributed by atoms with E-state index in [1.54, 1.807) is 7.11 Å². The molecule has 3 atom stereocenters. The van der Waals surface area contributed by atoms with Crippen molar-refractivity contribution in [2.45, 2.75) is 49.9 Å². The molecule has 0 radical (unpaired) electrons. The van der Waals surface area contributed by atoms with E-state index in [1.165, 1.54) is 0 Å². The lowest BCUT2D eigenvalue weighted by atomic mass is 9.94. The molecule has 0 aromatic rings. The average molecular weight is 182 g/mol. The summed E-state index contributed by atoms with van der Waals surface area (Å²) in [5.41, 5.74) is 0.125. The first-order valence-corrected chi connectivity index (χ1v) is 5.01. The molecule has 2 aliphatic rings. The Bertz CT molecular complexity index is 226. The van der Waals surface area contributed by atoms with Crippen LogP contribution in [-0.2, 0) is 9.47 Å². The minimum absolute atomic E-state index is 0.0110. The van der Waals surface area contributed by atoms with Crippen molar-refractivity contribution in [1.82, 2.24) is 0 Å². The highest BCUT2D eigenvalue weighted by Gasteiger charge is 2.68. The fourth-order valence-electron chi connectivity index (χ4n) is 2.59. The van der Waals surface area contributed by atoms with E-state index in [1.807, 2.05) is 6.08 Å². The maximum absolute atomic E-state index is 5.68. The Hall–Kier alpha value is -0.340. The molecule has 1 aliphatic heterocycles. The molecular weight excluding hydrogens is 164 g/mol. The van der Waals surface area contributed by atoms with Crippen LogP contribution in [-0.4, -0.2) is 24.4 Å². The highest BCUT2D eigenvalue weighted by atomic mass is 16.6. The largest absolute Gasteiger partial charge is 0.375 e. The number of fused-ring (bicyclic) bond motifs is 1. The van der Waals surface area contributed by atoms with Gasteiger partial charge in [0.1, 0.15) is 6.10 Å². The highest BCUT2D eigenvalue weighted by Crippen LogP contribution is 2.57. The molecule has 0 spiro atoms. The summed E-state index contributed by atoms with van der Waals surface area (Å²) in [6.07, 6.45) is 6.64. The third-order valence-electron chi connectivity index (χ3n) is 3.59. The van der Waals surface area contributed by atoms with Crippen LogP contribution in [0.5, 0.6) is 0 Å². The van der Waals surface area contributed by atoms with E-state index in [9.17, 15) is 0 Å². The monoisotopic (exact) mass is 182 g/mol. The maximum atomic E-state index is 5.68. The van der Waals surface area contributed by atoms with Gasteiger partial charge in [0.15, 0.2) is 0 Å². The summed E-state index contributed by atoms with van der Waals surface area (Å²) in [5.74, 6) is 0. The van der Waals surface area contributed by atoms with Crippen LogP contribution in [0.15, 0.2) is 12.7 Å². The van der Waals surface area contributed by atoms with E-state index in [0.29, 0.717) is 6.10 Å². The summed E-state index contributed by atoms with van der Waals surface area (Å²) in [5, 5.41) is 0. The molecule has 13 heavy (non-hydrogen) atoms. The predicted molar refractivity (Wildman–Crippen MR) is 51.7 cm³/mol. The van der Waals surface area contributed by atoms with Crippen LogP contribution in [0.4, 0.5) is 0 Å². The van der Waals surface area contributed by atoms with Crippen molar-refractivity contribution in [3.05, 3.63) is 12.7 Å². The molecule has 0 N–H and O–H groups in total. The quantitative estimate of drug-likeness (QED) is 0.491. The SMILES string of the molecule is C=CCC[C@@]1(OC)CC[C@]2(C)O[C@H]12. The summed E-state index contributed by atoms with van der Waals surface area (Å²) >= 11 is 0. The second-order valence-corrected chi connectivity index (χ2v) is 4.41. The van der Waals surface area contributed by atoms with E-state index in [2.05, 4.69) is 13.5 Å². The predicted octanol–water partition coefficient (Wildman–Crippen LogP) is 2.29. The average Bonchev–Trinajstić information content (AvgIpc) is 2.74. The lowest BCUT2D eigenvalue weighted by molar-refractivity contribution is -0.0441. The maximum Gasteiger partial charge on any atom is 0.116 e. The number of epoxide rings is 1. The molecule has 0 unspecified atom stereocenters. The summed E-state index contributed by atoms with van der Waals surface area (Å²) < 4.78 is 11.3. The number of rotatable bonds is 4. The number of methoxy groups -OCH3 is 1. The molecule has 0 aromatic carbocycles. The molecule has 74 valence electrons. The molecule has 2 heteroatoms. The second-order valence-electron chi connectivity index (χ2n) is 4.41. The van der Waals surface area contributed by atoms with Crippen LogP contribution in [0.1, 0.15) is 32.6 Å². The number of allylic oxidation sites excluding steroid dienone is 1. The molecular formula is C11H18O2. The lowest BCUT2D eigenvalue weighted by Crippen LogP contribution is -2.35. The van der Waals surface area contributed by atoms with Gasteiger partial charge in [0, 0.05) is 7.11 Å². The molecule has 0 amide bonds. The van der Waals surface area contributed by atoms with E-state index in [0.717, 1.165) is 25.7 Å². The highest BCUT2D eigenvalue weighted by molar-refractivity contribution is 5.17. The van der Waals surface area contributed by atoms with Gasteiger partial charge in [0.2, 0.25) is 0 Å². The Balaban J connectivity index is 2.04. The van der Waals surface area contributed by atoms with Crippen molar-refractivity contribution in [2.75, 3.05) is 7.11 Å². The van der Waals surface area contributed by atoms with Crippen molar-refractivity contribution in [3.63, 3.8) is 0 Å². The molecule has 2 fully saturated rings. The number of hydrogen-bond acceptors (Lipinski definition) is 2. The van der Waals surface area contributed by atoms with Gasteiger partial charge in [-0.2, -0.15) is 0 Å². The van der Waals surface area contributed by atoms with Gasteiger partial charge in [-0.1, -0.05) is 6.08 Å². The third kappa shape index (κ3) is 1.24. The van der Waals surface area contributed by atoms with Gasteiger partial charge in [-0.25, -0.2) is 0 Å². The zero-order valence-corrected chi connectivity index (χ0v) is 8.51. The van der Waals surface area contributed by atoms with Crippen molar-refractivity contribution >= 4 is 0 Å².